The van der Waals surface area contributed by atoms with E-state index < -0.39 is 24.1 Å². The lowest BCUT2D eigenvalue weighted by Crippen LogP contribution is -2.37. The van der Waals surface area contributed by atoms with Gasteiger partial charge in [-0.3, -0.25) is 19.2 Å². The molecule has 0 saturated carbocycles. The maximum atomic E-state index is 13.4. The zero-order chi connectivity index (χ0) is 20.7. The Labute approximate surface area is 166 Å². The summed E-state index contributed by atoms with van der Waals surface area (Å²) < 4.78 is 15.9. The number of fused-ring (bicyclic) bond motifs is 3. The number of hydrogen-bond acceptors (Lipinski definition) is 7. The van der Waals surface area contributed by atoms with Gasteiger partial charge in [0.2, 0.25) is 6.29 Å². The van der Waals surface area contributed by atoms with E-state index in [0.717, 1.165) is 0 Å². The standard InChI is InChI=1S/C22H18O7/c1-3-17(24)29-18-9-14-16(10-27-18)20(25)15-8-12-6-4-5-7-13(12)22(28-11(2)23)19(15)21(14)26/h4-8,10,14,18H,3,9H2,1-2H3. The molecule has 7 nitrogen and oxygen atoms in total. The summed E-state index contributed by atoms with van der Waals surface area (Å²) in [7, 11) is 0. The van der Waals surface area contributed by atoms with Gasteiger partial charge in [0.1, 0.15) is 5.75 Å². The molecule has 2 unspecified atom stereocenters. The van der Waals surface area contributed by atoms with Crippen molar-refractivity contribution in [1.29, 1.82) is 0 Å². The van der Waals surface area contributed by atoms with E-state index in [1.165, 1.54) is 13.2 Å². The average Bonchev–Trinajstić information content (AvgIpc) is 2.71. The summed E-state index contributed by atoms with van der Waals surface area (Å²) in [6, 6.07) is 8.68. The fraction of sp³-hybridized carbons (Fsp3) is 0.273. The zero-order valence-corrected chi connectivity index (χ0v) is 15.9. The van der Waals surface area contributed by atoms with Crippen molar-refractivity contribution in [3.63, 3.8) is 0 Å². The highest BCUT2D eigenvalue weighted by Crippen LogP contribution is 2.43. The number of Topliss-reactive ketones (excluding diaryl/α,β-unsaturated/α-hetero) is 2. The van der Waals surface area contributed by atoms with Crippen LogP contribution in [0.3, 0.4) is 0 Å². The first-order valence-electron chi connectivity index (χ1n) is 9.28. The SMILES string of the molecule is CCC(=O)OC1CC2C(=O)c3c(cc4ccccc4c3OC(C)=O)C(=O)C2=CO1. The van der Waals surface area contributed by atoms with E-state index in [1.54, 1.807) is 37.3 Å². The molecular weight excluding hydrogens is 376 g/mol. The van der Waals surface area contributed by atoms with E-state index >= 15 is 0 Å². The lowest BCUT2D eigenvalue weighted by molar-refractivity contribution is -0.172. The zero-order valence-electron chi connectivity index (χ0n) is 15.9. The number of carbonyl (C=O) groups excluding carboxylic acids is 4. The number of allylic oxidation sites excluding steroid dienone is 1. The quantitative estimate of drug-likeness (QED) is 0.582. The van der Waals surface area contributed by atoms with Gasteiger partial charge in [0.05, 0.1) is 17.7 Å². The maximum Gasteiger partial charge on any atom is 0.308 e. The number of hydrogen-bond donors (Lipinski definition) is 0. The third-order valence-corrected chi connectivity index (χ3v) is 5.02. The van der Waals surface area contributed by atoms with Crippen LogP contribution in [0.15, 0.2) is 42.2 Å². The molecule has 2 aromatic rings. The molecule has 7 heteroatoms. The molecule has 4 rings (SSSR count). The van der Waals surface area contributed by atoms with Crippen LogP contribution in [0.25, 0.3) is 10.8 Å². The molecule has 2 aromatic carbocycles. The van der Waals surface area contributed by atoms with Crippen molar-refractivity contribution >= 4 is 34.3 Å². The van der Waals surface area contributed by atoms with E-state index in [9.17, 15) is 19.2 Å². The first-order chi connectivity index (χ1) is 13.9. The molecule has 1 heterocycles. The van der Waals surface area contributed by atoms with Crippen LogP contribution in [-0.2, 0) is 19.1 Å². The van der Waals surface area contributed by atoms with Gasteiger partial charge in [0.15, 0.2) is 11.6 Å². The van der Waals surface area contributed by atoms with Gasteiger partial charge in [0, 0.05) is 36.3 Å². The normalized spacial score (nSPS) is 20.3. The minimum absolute atomic E-state index is 0.0218. The smallest absolute Gasteiger partial charge is 0.308 e. The molecule has 2 atom stereocenters. The van der Waals surface area contributed by atoms with Gasteiger partial charge >= 0.3 is 11.9 Å². The predicted octanol–water partition coefficient (Wildman–Crippen LogP) is 3.34. The number of ether oxygens (including phenoxy) is 3. The number of carbonyl (C=O) groups is 4. The topological polar surface area (TPSA) is 96.0 Å². The second kappa shape index (κ2) is 7.16. The minimum Gasteiger partial charge on any atom is -0.462 e. The Balaban J connectivity index is 1.85. The summed E-state index contributed by atoms with van der Waals surface area (Å²) >= 11 is 0. The second-order valence-corrected chi connectivity index (χ2v) is 6.91. The Morgan fingerprint density at radius 3 is 2.69 bits per heavy atom. The predicted molar refractivity (Wildman–Crippen MR) is 101 cm³/mol. The summed E-state index contributed by atoms with van der Waals surface area (Å²) in [4.78, 5) is 49.8. The lowest BCUT2D eigenvalue weighted by Gasteiger charge is -2.32. The van der Waals surface area contributed by atoms with E-state index in [-0.39, 0.29) is 46.9 Å². The number of benzene rings is 2. The van der Waals surface area contributed by atoms with Crippen molar-refractivity contribution < 1.29 is 33.4 Å². The van der Waals surface area contributed by atoms with Crippen molar-refractivity contribution in [2.75, 3.05) is 0 Å². The minimum atomic E-state index is -0.952. The van der Waals surface area contributed by atoms with Gasteiger partial charge in [-0.05, 0) is 11.5 Å². The third kappa shape index (κ3) is 3.18. The molecule has 0 amide bonds. The summed E-state index contributed by atoms with van der Waals surface area (Å²) in [5.41, 5.74) is 0.448. The molecule has 0 fully saturated rings. The van der Waals surface area contributed by atoms with E-state index in [1.807, 2.05) is 0 Å². The molecule has 1 aliphatic heterocycles. The maximum absolute atomic E-state index is 13.4. The van der Waals surface area contributed by atoms with Crippen molar-refractivity contribution in [2.45, 2.75) is 33.0 Å². The Hall–Kier alpha value is -3.48. The molecule has 0 saturated heterocycles. The summed E-state index contributed by atoms with van der Waals surface area (Å²) in [6.07, 6.45) is 0.436. The fourth-order valence-electron chi connectivity index (χ4n) is 3.69. The van der Waals surface area contributed by atoms with Crippen LogP contribution < -0.4 is 4.74 Å². The van der Waals surface area contributed by atoms with Crippen molar-refractivity contribution in [3.05, 3.63) is 53.3 Å². The first kappa shape index (κ1) is 18.9. The van der Waals surface area contributed by atoms with Crippen LogP contribution in [0.5, 0.6) is 5.75 Å². The van der Waals surface area contributed by atoms with Gasteiger partial charge in [0.25, 0.3) is 0 Å². The van der Waals surface area contributed by atoms with Crippen LogP contribution >= 0.6 is 0 Å². The largest absolute Gasteiger partial charge is 0.462 e. The lowest BCUT2D eigenvalue weighted by atomic mass is 9.75. The van der Waals surface area contributed by atoms with E-state index in [4.69, 9.17) is 14.2 Å². The number of ketones is 2. The fourth-order valence-corrected chi connectivity index (χ4v) is 3.69. The Kier molecular flexibility index (Phi) is 4.66. The van der Waals surface area contributed by atoms with Gasteiger partial charge in [-0.15, -0.1) is 0 Å². The number of esters is 2. The first-order valence-corrected chi connectivity index (χ1v) is 9.28. The van der Waals surface area contributed by atoms with Crippen LogP contribution in [0, 0.1) is 5.92 Å². The van der Waals surface area contributed by atoms with Gasteiger partial charge in [-0.2, -0.15) is 0 Å². The highest BCUT2D eigenvalue weighted by atomic mass is 16.7. The molecule has 0 radical (unpaired) electrons. The highest BCUT2D eigenvalue weighted by Gasteiger charge is 2.44. The molecule has 0 spiro atoms. The second-order valence-electron chi connectivity index (χ2n) is 6.91. The molecule has 0 aromatic heterocycles. The molecule has 0 N–H and O–H groups in total. The molecular formula is C22H18O7. The highest BCUT2D eigenvalue weighted by molar-refractivity contribution is 6.26. The van der Waals surface area contributed by atoms with E-state index in [2.05, 4.69) is 0 Å². The van der Waals surface area contributed by atoms with Gasteiger partial charge in [-0.25, -0.2) is 0 Å². The van der Waals surface area contributed by atoms with Crippen molar-refractivity contribution in [1.82, 2.24) is 0 Å². The van der Waals surface area contributed by atoms with Crippen molar-refractivity contribution in [3.8, 4) is 5.75 Å². The summed E-state index contributed by atoms with van der Waals surface area (Å²) in [6.45, 7) is 2.89. The van der Waals surface area contributed by atoms with Crippen molar-refractivity contribution in [2.24, 2.45) is 5.92 Å². The van der Waals surface area contributed by atoms with Crippen LogP contribution in [0.2, 0.25) is 0 Å². The molecule has 148 valence electrons. The average molecular weight is 394 g/mol. The molecule has 0 bridgehead atoms. The molecule has 29 heavy (non-hydrogen) atoms. The Bertz CT molecular complexity index is 1100. The summed E-state index contributed by atoms with van der Waals surface area (Å²) in [5, 5.41) is 1.24. The summed E-state index contributed by atoms with van der Waals surface area (Å²) in [5.74, 6) is -2.55. The Morgan fingerprint density at radius 1 is 1.21 bits per heavy atom. The van der Waals surface area contributed by atoms with Crippen LogP contribution in [0.1, 0.15) is 47.4 Å². The Morgan fingerprint density at radius 2 is 1.97 bits per heavy atom. The monoisotopic (exact) mass is 394 g/mol. The van der Waals surface area contributed by atoms with Gasteiger partial charge in [-0.1, -0.05) is 31.2 Å². The van der Waals surface area contributed by atoms with Crippen LogP contribution in [-0.4, -0.2) is 29.8 Å². The van der Waals surface area contributed by atoms with Crippen LogP contribution in [0.4, 0.5) is 0 Å². The number of rotatable bonds is 3. The third-order valence-electron chi connectivity index (χ3n) is 5.02. The molecule has 1 aliphatic carbocycles. The molecule has 2 aliphatic rings. The van der Waals surface area contributed by atoms with E-state index in [0.29, 0.717) is 10.8 Å². The van der Waals surface area contributed by atoms with Gasteiger partial charge < -0.3 is 14.2 Å².